The molecule has 0 saturated heterocycles. The van der Waals surface area contributed by atoms with Crippen molar-refractivity contribution < 1.29 is 4.79 Å². The molecule has 1 unspecified atom stereocenters. The van der Waals surface area contributed by atoms with Gasteiger partial charge in [-0.15, -0.1) is 10.2 Å². The van der Waals surface area contributed by atoms with Gasteiger partial charge in [-0.05, 0) is 37.8 Å². The van der Waals surface area contributed by atoms with E-state index in [0.717, 1.165) is 0 Å². The molecule has 0 aliphatic heterocycles. The first-order valence-corrected chi connectivity index (χ1v) is 7.33. The van der Waals surface area contributed by atoms with Gasteiger partial charge in [0, 0.05) is 19.1 Å². The van der Waals surface area contributed by atoms with Crippen molar-refractivity contribution in [2.24, 2.45) is 11.7 Å². The summed E-state index contributed by atoms with van der Waals surface area (Å²) in [5.74, 6) is 1.10. The van der Waals surface area contributed by atoms with Gasteiger partial charge in [0.05, 0.1) is 0 Å². The number of nitrogens with zero attached hydrogens (tertiary/aromatic N) is 2. The van der Waals surface area contributed by atoms with Gasteiger partial charge in [-0.2, -0.15) is 0 Å². The van der Waals surface area contributed by atoms with Crippen molar-refractivity contribution in [1.82, 2.24) is 15.5 Å². The van der Waals surface area contributed by atoms with Gasteiger partial charge in [-0.1, -0.05) is 12.8 Å². The first-order valence-electron chi connectivity index (χ1n) is 7.33. The number of hydrogen-bond donors (Lipinski definition) is 3. The molecule has 1 atom stereocenters. The highest BCUT2D eigenvalue weighted by molar-refractivity contribution is 5.92. The predicted molar refractivity (Wildman–Crippen MR) is 78.5 cm³/mol. The average Bonchev–Trinajstić information content (AvgIpc) is 2.99. The van der Waals surface area contributed by atoms with Crippen LogP contribution in [0, 0.1) is 5.92 Å². The highest BCUT2D eigenvalue weighted by Crippen LogP contribution is 2.28. The SMILES string of the molecule is CCNC(=O)c1ccc(NC(CN)C2CCCC2)nn1. The van der Waals surface area contributed by atoms with E-state index in [1.165, 1.54) is 25.7 Å². The van der Waals surface area contributed by atoms with Gasteiger partial charge in [0.1, 0.15) is 5.82 Å². The van der Waals surface area contributed by atoms with E-state index in [1.54, 1.807) is 12.1 Å². The van der Waals surface area contributed by atoms with E-state index < -0.39 is 0 Å². The Labute approximate surface area is 119 Å². The molecule has 1 aliphatic carbocycles. The fraction of sp³-hybridized carbons (Fsp3) is 0.643. The molecule has 1 fully saturated rings. The molecule has 1 saturated carbocycles. The normalized spacial score (nSPS) is 16.9. The summed E-state index contributed by atoms with van der Waals surface area (Å²) in [6.07, 6.45) is 5.01. The van der Waals surface area contributed by atoms with Crippen LogP contribution in [0.1, 0.15) is 43.1 Å². The number of nitrogens with two attached hydrogens (primary N) is 1. The molecule has 6 nitrogen and oxygen atoms in total. The Kier molecular flexibility index (Phi) is 5.29. The first kappa shape index (κ1) is 14.7. The number of anilines is 1. The van der Waals surface area contributed by atoms with Crippen LogP contribution in [-0.2, 0) is 0 Å². The molecule has 6 heteroatoms. The third-order valence-corrected chi connectivity index (χ3v) is 3.79. The van der Waals surface area contributed by atoms with Crippen LogP contribution in [0.3, 0.4) is 0 Å². The molecular formula is C14H23N5O. The number of aromatic nitrogens is 2. The van der Waals surface area contributed by atoms with Gasteiger partial charge in [0.15, 0.2) is 5.69 Å². The van der Waals surface area contributed by atoms with Crippen molar-refractivity contribution in [3.63, 3.8) is 0 Å². The number of amides is 1. The fourth-order valence-corrected chi connectivity index (χ4v) is 2.70. The molecule has 0 bridgehead atoms. The second-order valence-corrected chi connectivity index (χ2v) is 5.19. The largest absolute Gasteiger partial charge is 0.364 e. The molecule has 1 aromatic rings. The Bertz CT molecular complexity index is 428. The Morgan fingerprint density at radius 1 is 1.40 bits per heavy atom. The molecule has 0 aromatic carbocycles. The van der Waals surface area contributed by atoms with Gasteiger partial charge >= 0.3 is 0 Å². The van der Waals surface area contributed by atoms with E-state index >= 15 is 0 Å². The second kappa shape index (κ2) is 7.19. The van der Waals surface area contributed by atoms with Crippen LogP contribution in [-0.4, -0.2) is 35.2 Å². The van der Waals surface area contributed by atoms with Gasteiger partial charge in [-0.25, -0.2) is 0 Å². The summed E-state index contributed by atoms with van der Waals surface area (Å²) in [6.45, 7) is 3.04. The number of nitrogens with one attached hydrogen (secondary N) is 2. The molecule has 4 N–H and O–H groups in total. The van der Waals surface area contributed by atoms with Crippen molar-refractivity contribution in [3.8, 4) is 0 Å². The van der Waals surface area contributed by atoms with Crippen LogP contribution >= 0.6 is 0 Å². The molecule has 1 heterocycles. The lowest BCUT2D eigenvalue weighted by Gasteiger charge is -2.23. The lowest BCUT2D eigenvalue weighted by Crippen LogP contribution is -2.35. The zero-order valence-corrected chi connectivity index (χ0v) is 11.9. The summed E-state index contributed by atoms with van der Waals surface area (Å²) in [5.41, 5.74) is 6.18. The summed E-state index contributed by atoms with van der Waals surface area (Å²) in [7, 11) is 0. The fourth-order valence-electron chi connectivity index (χ4n) is 2.70. The molecule has 20 heavy (non-hydrogen) atoms. The van der Waals surface area contributed by atoms with Crippen LogP contribution in [0.5, 0.6) is 0 Å². The van der Waals surface area contributed by atoms with Gasteiger partial charge in [0.2, 0.25) is 0 Å². The first-order chi connectivity index (χ1) is 9.74. The topological polar surface area (TPSA) is 92.9 Å². The Hall–Kier alpha value is -1.69. The van der Waals surface area contributed by atoms with Crippen molar-refractivity contribution in [3.05, 3.63) is 17.8 Å². The van der Waals surface area contributed by atoms with Gasteiger partial charge < -0.3 is 16.4 Å². The van der Waals surface area contributed by atoms with Crippen molar-refractivity contribution in [2.75, 3.05) is 18.4 Å². The Morgan fingerprint density at radius 2 is 2.15 bits per heavy atom. The highest BCUT2D eigenvalue weighted by Gasteiger charge is 2.24. The molecule has 1 aliphatic rings. The van der Waals surface area contributed by atoms with E-state index in [0.29, 0.717) is 30.5 Å². The minimum atomic E-state index is -0.197. The summed E-state index contributed by atoms with van der Waals surface area (Å²) in [5, 5.41) is 14.0. The van der Waals surface area contributed by atoms with E-state index in [2.05, 4.69) is 20.8 Å². The maximum absolute atomic E-state index is 11.6. The molecule has 1 aromatic heterocycles. The number of carbonyl (C=O) groups is 1. The second-order valence-electron chi connectivity index (χ2n) is 5.19. The zero-order valence-electron chi connectivity index (χ0n) is 11.9. The average molecular weight is 277 g/mol. The Balaban J connectivity index is 1.96. The third-order valence-electron chi connectivity index (χ3n) is 3.79. The van der Waals surface area contributed by atoms with Crippen LogP contribution < -0.4 is 16.4 Å². The predicted octanol–water partition coefficient (Wildman–Crippen LogP) is 1.16. The van der Waals surface area contributed by atoms with E-state index in [1.807, 2.05) is 6.92 Å². The molecule has 0 radical (unpaired) electrons. The molecule has 0 spiro atoms. The maximum atomic E-state index is 11.6. The number of hydrogen-bond acceptors (Lipinski definition) is 5. The number of carbonyl (C=O) groups excluding carboxylic acids is 1. The molecular weight excluding hydrogens is 254 g/mol. The minimum absolute atomic E-state index is 0.197. The summed E-state index contributed by atoms with van der Waals surface area (Å²) in [4.78, 5) is 11.6. The number of rotatable bonds is 6. The lowest BCUT2D eigenvalue weighted by atomic mass is 9.98. The Morgan fingerprint density at radius 3 is 2.70 bits per heavy atom. The van der Waals surface area contributed by atoms with E-state index in [4.69, 9.17) is 5.73 Å². The molecule has 2 rings (SSSR count). The standard InChI is InChI=1S/C14H23N5O/c1-2-16-14(20)11-7-8-13(19-18-11)17-12(9-15)10-5-3-4-6-10/h7-8,10,12H,2-6,9,15H2,1H3,(H,16,20)(H,17,19). The van der Waals surface area contributed by atoms with E-state index in [9.17, 15) is 4.79 Å². The molecule has 110 valence electrons. The highest BCUT2D eigenvalue weighted by atomic mass is 16.1. The maximum Gasteiger partial charge on any atom is 0.271 e. The summed E-state index contributed by atoms with van der Waals surface area (Å²) < 4.78 is 0. The van der Waals surface area contributed by atoms with Crippen LogP contribution in [0.25, 0.3) is 0 Å². The third kappa shape index (κ3) is 3.66. The quantitative estimate of drug-likeness (QED) is 0.725. The summed E-state index contributed by atoms with van der Waals surface area (Å²) >= 11 is 0. The zero-order chi connectivity index (χ0) is 14.4. The van der Waals surface area contributed by atoms with Crippen LogP contribution in [0.2, 0.25) is 0 Å². The van der Waals surface area contributed by atoms with Gasteiger partial charge in [0.25, 0.3) is 5.91 Å². The van der Waals surface area contributed by atoms with Crippen molar-refractivity contribution in [1.29, 1.82) is 0 Å². The van der Waals surface area contributed by atoms with Crippen LogP contribution in [0.15, 0.2) is 12.1 Å². The van der Waals surface area contributed by atoms with Crippen LogP contribution in [0.4, 0.5) is 5.82 Å². The minimum Gasteiger partial charge on any atom is -0.364 e. The van der Waals surface area contributed by atoms with Crippen molar-refractivity contribution in [2.45, 2.75) is 38.6 Å². The summed E-state index contributed by atoms with van der Waals surface area (Å²) in [6, 6.07) is 3.71. The lowest BCUT2D eigenvalue weighted by molar-refractivity contribution is 0.0950. The van der Waals surface area contributed by atoms with E-state index in [-0.39, 0.29) is 11.9 Å². The monoisotopic (exact) mass is 277 g/mol. The van der Waals surface area contributed by atoms with Crippen molar-refractivity contribution >= 4 is 11.7 Å². The molecule has 1 amide bonds. The smallest absolute Gasteiger partial charge is 0.271 e. The van der Waals surface area contributed by atoms with Gasteiger partial charge in [-0.3, -0.25) is 4.79 Å².